The molecule has 0 radical (unpaired) electrons. The molecule has 0 fully saturated rings. The van der Waals surface area contributed by atoms with Gasteiger partial charge in [0.2, 0.25) is 0 Å². The summed E-state index contributed by atoms with van der Waals surface area (Å²) in [5.74, 6) is 0.133. The fraction of sp³-hybridized carbons (Fsp3) is 0.400. The van der Waals surface area contributed by atoms with Crippen LogP contribution in [0.5, 0.6) is 0 Å². The van der Waals surface area contributed by atoms with Crippen molar-refractivity contribution in [3.8, 4) is 10.6 Å². The number of carbonyl (C=O) groups excluding carboxylic acids is 1. The topological polar surface area (TPSA) is 52.1 Å². The molecule has 0 amide bonds. The van der Waals surface area contributed by atoms with Crippen LogP contribution in [0.3, 0.4) is 0 Å². The van der Waals surface area contributed by atoms with Crippen molar-refractivity contribution in [2.45, 2.75) is 27.2 Å². The molecule has 106 valence electrons. The Balaban J connectivity index is 2.39. The van der Waals surface area contributed by atoms with Crippen LogP contribution in [0.15, 0.2) is 24.5 Å². The molecular weight excluding hydrogens is 272 g/mol. The van der Waals surface area contributed by atoms with E-state index in [2.05, 4.69) is 23.8 Å². The van der Waals surface area contributed by atoms with Crippen molar-refractivity contribution < 1.29 is 9.53 Å². The van der Waals surface area contributed by atoms with Gasteiger partial charge in [-0.2, -0.15) is 0 Å². The van der Waals surface area contributed by atoms with Crippen LogP contribution in [0, 0.1) is 5.92 Å². The molecule has 0 aliphatic heterocycles. The predicted molar refractivity (Wildman–Crippen MR) is 79.8 cm³/mol. The second-order valence-corrected chi connectivity index (χ2v) is 5.93. The molecule has 0 aromatic carbocycles. The number of thiazole rings is 1. The normalized spacial score (nSPS) is 10.8. The van der Waals surface area contributed by atoms with Gasteiger partial charge in [0, 0.05) is 22.8 Å². The van der Waals surface area contributed by atoms with Crippen molar-refractivity contribution in [2.75, 3.05) is 6.61 Å². The van der Waals surface area contributed by atoms with E-state index in [0.29, 0.717) is 18.2 Å². The van der Waals surface area contributed by atoms with E-state index in [0.717, 1.165) is 21.9 Å². The van der Waals surface area contributed by atoms with Crippen molar-refractivity contribution in [2.24, 2.45) is 5.92 Å². The number of aromatic nitrogens is 2. The summed E-state index contributed by atoms with van der Waals surface area (Å²) in [7, 11) is 0. The lowest BCUT2D eigenvalue weighted by atomic mass is 10.1. The van der Waals surface area contributed by atoms with Gasteiger partial charge in [0.1, 0.15) is 5.01 Å². The lowest BCUT2D eigenvalue weighted by Crippen LogP contribution is -2.08. The standard InChI is InChI=1S/C15H18N2O2S/c1-4-19-15(18)13-12(9-10(2)3)20-14(17-13)11-5-7-16-8-6-11/h5-8,10H,4,9H2,1-3H3. The third kappa shape index (κ3) is 3.42. The van der Waals surface area contributed by atoms with Crippen molar-refractivity contribution >= 4 is 17.3 Å². The van der Waals surface area contributed by atoms with E-state index in [9.17, 15) is 4.79 Å². The maximum atomic E-state index is 12.0. The van der Waals surface area contributed by atoms with Crippen LogP contribution in [0.2, 0.25) is 0 Å². The van der Waals surface area contributed by atoms with E-state index in [4.69, 9.17) is 4.74 Å². The highest BCUT2D eigenvalue weighted by Crippen LogP contribution is 2.30. The van der Waals surface area contributed by atoms with Crippen molar-refractivity contribution in [1.29, 1.82) is 0 Å². The average molecular weight is 290 g/mol. The van der Waals surface area contributed by atoms with Gasteiger partial charge in [0.15, 0.2) is 5.69 Å². The number of carbonyl (C=O) groups is 1. The van der Waals surface area contributed by atoms with Crippen LogP contribution in [-0.4, -0.2) is 22.5 Å². The monoisotopic (exact) mass is 290 g/mol. The Morgan fingerprint density at radius 3 is 2.65 bits per heavy atom. The Morgan fingerprint density at radius 1 is 1.35 bits per heavy atom. The average Bonchev–Trinajstić information content (AvgIpc) is 2.83. The van der Waals surface area contributed by atoms with Gasteiger partial charge in [-0.25, -0.2) is 9.78 Å². The minimum atomic E-state index is -0.334. The van der Waals surface area contributed by atoms with Crippen LogP contribution in [0.1, 0.15) is 36.1 Å². The molecule has 0 aliphatic carbocycles. The lowest BCUT2D eigenvalue weighted by Gasteiger charge is -2.04. The fourth-order valence-electron chi connectivity index (χ4n) is 1.84. The molecule has 0 atom stereocenters. The number of esters is 1. The number of hydrogen-bond acceptors (Lipinski definition) is 5. The highest BCUT2D eigenvalue weighted by molar-refractivity contribution is 7.15. The molecule has 0 spiro atoms. The number of pyridine rings is 1. The molecule has 2 aromatic rings. The van der Waals surface area contributed by atoms with E-state index in [-0.39, 0.29) is 5.97 Å². The maximum Gasteiger partial charge on any atom is 0.358 e. The molecule has 0 unspecified atom stereocenters. The summed E-state index contributed by atoms with van der Waals surface area (Å²) in [5, 5.41) is 0.839. The zero-order valence-corrected chi connectivity index (χ0v) is 12.7. The summed E-state index contributed by atoms with van der Waals surface area (Å²) in [6.07, 6.45) is 4.28. The highest BCUT2D eigenvalue weighted by Gasteiger charge is 2.20. The van der Waals surface area contributed by atoms with E-state index < -0.39 is 0 Å². The molecule has 4 nitrogen and oxygen atoms in total. The smallest absolute Gasteiger partial charge is 0.358 e. The largest absolute Gasteiger partial charge is 0.461 e. The first-order valence-electron chi connectivity index (χ1n) is 6.69. The molecule has 2 aromatic heterocycles. The summed E-state index contributed by atoms with van der Waals surface area (Å²) >= 11 is 1.56. The molecule has 0 saturated heterocycles. The lowest BCUT2D eigenvalue weighted by molar-refractivity contribution is 0.0519. The molecule has 5 heteroatoms. The predicted octanol–water partition coefficient (Wildman–Crippen LogP) is 3.58. The Kier molecular flexibility index (Phi) is 4.84. The van der Waals surface area contributed by atoms with Gasteiger partial charge in [-0.3, -0.25) is 4.98 Å². The Bertz CT molecular complexity index is 579. The van der Waals surface area contributed by atoms with Gasteiger partial charge in [0.05, 0.1) is 6.61 Å². The summed E-state index contributed by atoms with van der Waals surface area (Å²) in [5.41, 5.74) is 1.43. The fourth-order valence-corrected chi connectivity index (χ4v) is 3.10. The van der Waals surface area contributed by atoms with Gasteiger partial charge in [0.25, 0.3) is 0 Å². The number of ether oxygens (including phenoxy) is 1. The third-order valence-electron chi connectivity index (χ3n) is 2.69. The first kappa shape index (κ1) is 14.7. The molecule has 2 rings (SSSR count). The van der Waals surface area contributed by atoms with E-state index in [1.165, 1.54) is 0 Å². The molecule has 0 bridgehead atoms. The SMILES string of the molecule is CCOC(=O)c1nc(-c2ccncc2)sc1CC(C)C. The number of rotatable bonds is 5. The second kappa shape index (κ2) is 6.61. The summed E-state index contributed by atoms with van der Waals surface area (Å²) in [6.45, 7) is 6.42. The van der Waals surface area contributed by atoms with Crippen LogP contribution < -0.4 is 0 Å². The Labute approximate surface area is 122 Å². The molecule has 0 N–H and O–H groups in total. The zero-order chi connectivity index (χ0) is 14.5. The van der Waals surface area contributed by atoms with Crippen LogP contribution in [0.25, 0.3) is 10.6 Å². The molecule has 0 saturated carbocycles. The van der Waals surface area contributed by atoms with Crippen molar-refractivity contribution in [3.63, 3.8) is 0 Å². The molecule has 20 heavy (non-hydrogen) atoms. The molecule has 2 heterocycles. The van der Waals surface area contributed by atoms with Gasteiger partial charge >= 0.3 is 5.97 Å². The number of hydrogen-bond donors (Lipinski definition) is 0. The molecule has 0 aliphatic rings. The summed E-state index contributed by atoms with van der Waals surface area (Å²) in [4.78, 5) is 21.5. The van der Waals surface area contributed by atoms with E-state index in [1.54, 1.807) is 30.7 Å². The van der Waals surface area contributed by atoms with Crippen molar-refractivity contribution in [1.82, 2.24) is 9.97 Å². The Hall–Kier alpha value is -1.75. The third-order valence-corrected chi connectivity index (χ3v) is 3.81. The van der Waals surface area contributed by atoms with Gasteiger partial charge in [-0.05, 0) is 31.4 Å². The van der Waals surface area contributed by atoms with E-state index in [1.807, 2.05) is 12.1 Å². The summed E-state index contributed by atoms with van der Waals surface area (Å²) < 4.78 is 5.09. The van der Waals surface area contributed by atoms with Crippen LogP contribution in [0.4, 0.5) is 0 Å². The first-order chi connectivity index (χ1) is 9.61. The second-order valence-electron chi connectivity index (χ2n) is 4.85. The minimum Gasteiger partial charge on any atom is -0.461 e. The highest BCUT2D eigenvalue weighted by atomic mass is 32.1. The van der Waals surface area contributed by atoms with Crippen LogP contribution in [-0.2, 0) is 11.2 Å². The first-order valence-corrected chi connectivity index (χ1v) is 7.50. The van der Waals surface area contributed by atoms with Gasteiger partial charge in [-0.15, -0.1) is 11.3 Å². The van der Waals surface area contributed by atoms with E-state index >= 15 is 0 Å². The van der Waals surface area contributed by atoms with Gasteiger partial charge in [-0.1, -0.05) is 13.8 Å². The zero-order valence-electron chi connectivity index (χ0n) is 11.9. The number of nitrogens with zero attached hydrogens (tertiary/aromatic N) is 2. The quantitative estimate of drug-likeness (QED) is 0.790. The minimum absolute atomic E-state index is 0.334. The molecular formula is C15H18N2O2S. The maximum absolute atomic E-state index is 12.0. The van der Waals surface area contributed by atoms with Gasteiger partial charge < -0.3 is 4.74 Å². The van der Waals surface area contributed by atoms with Crippen LogP contribution >= 0.6 is 11.3 Å². The Morgan fingerprint density at radius 2 is 2.05 bits per heavy atom. The summed E-state index contributed by atoms with van der Waals surface area (Å²) in [6, 6.07) is 3.79. The van der Waals surface area contributed by atoms with Crippen molar-refractivity contribution in [3.05, 3.63) is 35.1 Å².